The lowest BCUT2D eigenvalue weighted by molar-refractivity contribution is 0.268. The first kappa shape index (κ1) is 15.2. The van der Waals surface area contributed by atoms with E-state index in [0.29, 0.717) is 18.9 Å². The van der Waals surface area contributed by atoms with E-state index in [9.17, 15) is 8.42 Å². The van der Waals surface area contributed by atoms with Crippen molar-refractivity contribution in [1.29, 1.82) is 0 Å². The van der Waals surface area contributed by atoms with Crippen LogP contribution in [-0.2, 0) is 9.84 Å². The van der Waals surface area contributed by atoms with Crippen LogP contribution in [0.25, 0.3) is 0 Å². The van der Waals surface area contributed by atoms with E-state index in [1.54, 1.807) is 6.92 Å². The molecule has 0 heterocycles. The van der Waals surface area contributed by atoms with E-state index in [1.807, 2.05) is 0 Å². The van der Waals surface area contributed by atoms with Crippen LogP contribution in [0.3, 0.4) is 0 Å². The maximum absolute atomic E-state index is 11.4. The maximum atomic E-state index is 11.4. The first-order valence-electron chi connectivity index (χ1n) is 6.39. The Hall–Kier alpha value is -0.820. The molecule has 0 aromatic rings. The van der Waals surface area contributed by atoms with Gasteiger partial charge in [0.1, 0.15) is 15.7 Å². The molecule has 0 spiro atoms. The third-order valence-electron chi connectivity index (χ3n) is 3.19. The predicted octanol–water partition coefficient (Wildman–Crippen LogP) is 0.412. The minimum absolute atomic E-state index is 0.209. The van der Waals surface area contributed by atoms with Crippen molar-refractivity contribution in [1.82, 2.24) is 4.90 Å². The molecule has 1 fully saturated rings. The molecule has 0 unspecified atom stereocenters. The van der Waals surface area contributed by atoms with Crippen LogP contribution in [0.4, 0.5) is 0 Å². The molecule has 106 valence electrons. The van der Waals surface area contributed by atoms with E-state index in [0.717, 1.165) is 25.9 Å². The second-order valence-corrected chi connectivity index (χ2v) is 7.17. The fraction of sp³-hybridized carbons (Fsp3) is 0.909. The fourth-order valence-corrected chi connectivity index (χ4v) is 2.71. The summed E-state index contributed by atoms with van der Waals surface area (Å²) in [6, 6.07) is 0.556. The van der Waals surface area contributed by atoms with Gasteiger partial charge < -0.3 is 10.9 Å². The zero-order valence-corrected chi connectivity index (χ0v) is 11.7. The molecule has 7 heteroatoms. The van der Waals surface area contributed by atoms with E-state index in [-0.39, 0.29) is 17.3 Å². The number of nitrogens with zero attached hydrogens (tertiary/aromatic N) is 2. The first-order valence-corrected chi connectivity index (χ1v) is 8.21. The van der Waals surface area contributed by atoms with Gasteiger partial charge >= 0.3 is 0 Å². The molecule has 1 aliphatic rings. The Labute approximate surface area is 109 Å². The summed E-state index contributed by atoms with van der Waals surface area (Å²) in [5.41, 5.74) is 5.44. The zero-order valence-electron chi connectivity index (χ0n) is 10.9. The van der Waals surface area contributed by atoms with Gasteiger partial charge in [-0.05, 0) is 25.8 Å². The summed E-state index contributed by atoms with van der Waals surface area (Å²) in [6.07, 6.45) is 3.50. The molecule has 1 rings (SSSR count). The van der Waals surface area contributed by atoms with Crippen molar-refractivity contribution in [2.24, 2.45) is 10.9 Å². The first-order chi connectivity index (χ1) is 8.48. The SMILES string of the molecule is CCS(=O)(=O)CCCN(CCC(N)=NO)C1CC1. The standard InChI is InChI=1S/C11H23N3O3S/c1-2-18(16,17)9-3-7-14(10-4-5-10)8-6-11(12)13-15/h10,15H,2-9H2,1H3,(H2,12,13). The Morgan fingerprint density at radius 1 is 1.44 bits per heavy atom. The number of amidine groups is 1. The van der Waals surface area contributed by atoms with Crippen LogP contribution in [0, 0.1) is 0 Å². The van der Waals surface area contributed by atoms with Crippen LogP contribution in [0.2, 0.25) is 0 Å². The number of rotatable bonds is 9. The van der Waals surface area contributed by atoms with Gasteiger partial charge in [0.05, 0.1) is 5.75 Å². The third-order valence-corrected chi connectivity index (χ3v) is 4.98. The number of nitrogens with two attached hydrogens (primary N) is 1. The van der Waals surface area contributed by atoms with E-state index >= 15 is 0 Å². The molecule has 18 heavy (non-hydrogen) atoms. The van der Waals surface area contributed by atoms with Crippen LogP contribution >= 0.6 is 0 Å². The largest absolute Gasteiger partial charge is 0.409 e. The molecule has 0 amide bonds. The molecule has 0 aromatic heterocycles. The van der Waals surface area contributed by atoms with Crippen LogP contribution in [0.5, 0.6) is 0 Å². The summed E-state index contributed by atoms with van der Waals surface area (Å²) in [7, 11) is -2.87. The van der Waals surface area contributed by atoms with Gasteiger partial charge in [0.2, 0.25) is 0 Å². The van der Waals surface area contributed by atoms with Gasteiger partial charge in [-0.3, -0.25) is 4.90 Å². The predicted molar refractivity (Wildman–Crippen MR) is 71.6 cm³/mol. The van der Waals surface area contributed by atoms with Crippen molar-refractivity contribution < 1.29 is 13.6 Å². The number of sulfone groups is 1. The van der Waals surface area contributed by atoms with E-state index in [1.165, 1.54) is 0 Å². The highest BCUT2D eigenvalue weighted by atomic mass is 32.2. The van der Waals surface area contributed by atoms with Crippen molar-refractivity contribution in [3.05, 3.63) is 0 Å². The monoisotopic (exact) mass is 277 g/mol. The molecule has 0 saturated heterocycles. The minimum Gasteiger partial charge on any atom is -0.409 e. The zero-order chi connectivity index (χ0) is 13.6. The lowest BCUT2D eigenvalue weighted by Crippen LogP contribution is -2.32. The van der Waals surface area contributed by atoms with Crippen molar-refractivity contribution >= 4 is 15.7 Å². The molecular formula is C11H23N3O3S. The lowest BCUT2D eigenvalue weighted by atomic mass is 10.3. The molecule has 3 N–H and O–H groups in total. The lowest BCUT2D eigenvalue weighted by Gasteiger charge is -2.21. The smallest absolute Gasteiger partial charge is 0.150 e. The van der Waals surface area contributed by atoms with E-state index in [4.69, 9.17) is 10.9 Å². The number of oxime groups is 1. The highest BCUT2D eigenvalue weighted by Crippen LogP contribution is 2.27. The molecule has 0 radical (unpaired) electrons. The van der Waals surface area contributed by atoms with Crippen molar-refractivity contribution in [2.75, 3.05) is 24.6 Å². The molecule has 0 bridgehead atoms. The average Bonchev–Trinajstić information content (AvgIpc) is 3.17. The van der Waals surface area contributed by atoms with Gasteiger partial charge in [0.15, 0.2) is 0 Å². The Morgan fingerprint density at radius 2 is 2.11 bits per heavy atom. The normalized spacial score (nSPS) is 17.3. The molecule has 0 aliphatic heterocycles. The van der Waals surface area contributed by atoms with Gasteiger partial charge in [0.25, 0.3) is 0 Å². The van der Waals surface area contributed by atoms with Gasteiger partial charge in [-0.25, -0.2) is 8.42 Å². The minimum atomic E-state index is -2.87. The van der Waals surface area contributed by atoms with Gasteiger partial charge in [-0.1, -0.05) is 12.1 Å². The van der Waals surface area contributed by atoms with Crippen LogP contribution < -0.4 is 5.73 Å². The summed E-state index contributed by atoms with van der Waals surface area (Å²) in [6.45, 7) is 3.17. The molecule has 1 saturated carbocycles. The maximum Gasteiger partial charge on any atom is 0.150 e. The molecule has 6 nitrogen and oxygen atoms in total. The summed E-state index contributed by atoms with van der Waals surface area (Å²) < 4.78 is 22.8. The quantitative estimate of drug-likeness (QED) is 0.275. The van der Waals surface area contributed by atoms with E-state index < -0.39 is 9.84 Å². The van der Waals surface area contributed by atoms with E-state index in [2.05, 4.69) is 10.1 Å². The number of hydrogen-bond donors (Lipinski definition) is 2. The van der Waals surface area contributed by atoms with Crippen LogP contribution in [-0.4, -0.2) is 55.0 Å². The topological polar surface area (TPSA) is 96.0 Å². The Morgan fingerprint density at radius 3 is 2.61 bits per heavy atom. The molecular weight excluding hydrogens is 254 g/mol. The highest BCUT2D eigenvalue weighted by Gasteiger charge is 2.28. The average molecular weight is 277 g/mol. The Balaban J connectivity index is 2.30. The fourth-order valence-electron chi connectivity index (χ4n) is 1.86. The van der Waals surface area contributed by atoms with Crippen molar-refractivity contribution in [3.8, 4) is 0 Å². The summed E-state index contributed by atoms with van der Waals surface area (Å²) in [4.78, 5) is 2.24. The van der Waals surface area contributed by atoms with Gasteiger partial charge in [-0.15, -0.1) is 0 Å². The second-order valence-electron chi connectivity index (χ2n) is 4.70. The summed E-state index contributed by atoms with van der Waals surface area (Å²) in [5.74, 6) is 0.679. The third kappa shape index (κ3) is 5.68. The summed E-state index contributed by atoms with van der Waals surface area (Å²) in [5, 5.41) is 11.4. The summed E-state index contributed by atoms with van der Waals surface area (Å²) >= 11 is 0. The van der Waals surface area contributed by atoms with Crippen molar-refractivity contribution in [3.63, 3.8) is 0 Å². The van der Waals surface area contributed by atoms with Crippen LogP contribution in [0.1, 0.15) is 32.6 Å². The number of hydrogen-bond acceptors (Lipinski definition) is 5. The Kier molecular flexibility index (Phi) is 5.87. The van der Waals surface area contributed by atoms with Crippen LogP contribution in [0.15, 0.2) is 5.16 Å². The molecule has 0 aromatic carbocycles. The van der Waals surface area contributed by atoms with Gasteiger partial charge in [0, 0.05) is 24.8 Å². The van der Waals surface area contributed by atoms with Crippen molar-refractivity contribution in [2.45, 2.75) is 38.6 Å². The Bertz CT molecular complexity index is 377. The molecule has 1 aliphatic carbocycles. The highest BCUT2D eigenvalue weighted by molar-refractivity contribution is 7.91. The second kappa shape index (κ2) is 6.94. The molecule has 0 atom stereocenters. The van der Waals surface area contributed by atoms with Gasteiger partial charge in [-0.2, -0.15) is 0 Å².